The lowest BCUT2D eigenvalue weighted by molar-refractivity contribution is 0.784. The topological polar surface area (TPSA) is 58.8 Å². The highest BCUT2D eigenvalue weighted by atomic mass is 79.9. The SMILES string of the molecule is Cc1ccc(NN=Nc2sc(=O)n(Cc3ccc(Br)cc3)c2Cl)cc1. The van der Waals surface area contributed by atoms with E-state index in [0.29, 0.717) is 11.5 Å². The van der Waals surface area contributed by atoms with Crippen molar-refractivity contribution in [3.8, 4) is 0 Å². The van der Waals surface area contributed by atoms with Gasteiger partial charge in [-0.15, -0.1) is 5.11 Å². The molecule has 1 heterocycles. The molecule has 0 aliphatic heterocycles. The van der Waals surface area contributed by atoms with Crippen molar-refractivity contribution in [1.82, 2.24) is 4.57 Å². The molecular formula is C17H14BrClN4OS. The van der Waals surface area contributed by atoms with Crippen molar-refractivity contribution in [3.63, 3.8) is 0 Å². The van der Waals surface area contributed by atoms with Gasteiger partial charge in [-0.1, -0.05) is 73.9 Å². The van der Waals surface area contributed by atoms with Crippen LogP contribution in [0.1, 0.15) is 11.1 Å². The van der Waals surface area contributed by atoms with Crippen molar-refractivity contribution in [3.05, 3.63) is 79.0 Å². The second kappa shape index (κ2) is 7.95. The first-order chi connectivity index (χ1) is 12.0. The van der Waals surface area contributed by atoms with Gasteiger partial charge < -0.3 is 0 Å². The Balaban J connectivity index is 1.74. The average molecular weight is 438 g/mol. The summed E-state index contributed by atoms with van der Waals surface area (Å²) in [7, 11) is 0. The molecule has 2 aromatic carbocycles. The minimum atomic E-state index is -0.169. The molecule has 0 radical (unpaired) electrons. The number of nitrogens with one attached hydrogen (secondary N) is 1. The van der Waals surface area contributed by atoms with Crippen molar-refractivity contribution in [2.75, 3.05) is 5.43 Å². The number of aryl methyl sites for hydroxylation is 1. The zero-order chi connectivity index (χ0) is 17.8. The van der Waals surface area contributed by atoms with Crippen LogP contribution in [0.2, 0.25) is 5.15 Å². The van der Waals surface area contributed by atoms with Gasteiger partial charge in [0.15, 0.2) is 10.2 Å². The molecule has 0 unspecified atom stereocenters. The predicted molar refractivity (Wildman–Crippen MR) is 106 cm³/mol. The van der Waals surface area contributed by atoms with Gasteiger partial charge in [0, 0.05) is 4.47 Å². The van der Waals surface area contributed by atoms with E-state index >= 15 is 0 Å². The molecule has 5 nitrogen and oxygen atoms in total. The summed E-state index contributed by atoms with van der Waals surface area (Å²) in [5, 5.41) is 8.61. The van der Waals surface area contributed by atoms with E-state index < -0.39 is 0 Å². The van der Waals surface area contributed by atoms with Gasteiger partial charge in [0.05, 0.1) is 12.2 Å². The number of anilines is 1. The molecule has 1 N–H and O–H groups in total. The molecule has 25 heavy (non-hydrogen) atoms. The van der Waals surface area contributed by atoms with Crippen LogP contribution in [-0.2, 0) is 6.54 Å². The second-order valence-corrected chi connectivity index (χ2v) is 7.57. The molecule has 8 heteroatoms. The number of halogens is 2. The molecule has 3 aromatic rings. The molecule has 0 fully saturated rings. The summed E-state index contributed by atoms with van der Waals surface area (Å²) in [4.78, 5) is 12.0. The lowest BCUT2D eigenvalue weighted by Crippen LogP contribution is -2.13. The number of aromatic nitrogens is 1. The Morgan fingerprint density at radius 2 is 1.84 bits per heavy atom. The normalized spacial score (nSPS) is 11.2. The van der Waals surface area contributed by atoms with Crippen molar-refractivity contribution in [2.24, 2.45) is 10.3 Å². The van der Waals surface area contributed by atoms with Gasteiger partial charge in [-0.05, 0) is 36.8 Å². The molecule has 1 aromatic heterocycles. The number of rotatable bonds is 5. The van der Waals surface area contributed by atoms with Gasteiger partial charge in [0.1, 0.15) is 0 Å². The molecule has 0 aliphatic carbocycles. The summed E-state index contributed by atoms with van der Waals surface area (Å²) >= 11 is 10.7. The summed E-state index contributed by atoms with van der Waals surface area (Å²) in [6.45, 7) is 2.40. The zero-order valence-corrected chi connectivity index (χ0v) is 16.4. The zero-order valence-electron chi connectivity index (χ0n) is 13.2. The third-order valence-electron chi connectivity index (χ3n) is 3.44. The van der Waals surface area contributed by atoms with Gasteiger partial charge in [-0.3, -0.25) is 14.8 Å². The van der Waals surface area contributed by atoms with Gasteiger partial charge in [-0.2, -0.15) is 0 Å². The molecule has 0 atom stereocenters. The third kappa shape index (κ3) is 4.56. The number of nitrogens with zero attached hydrogens (tertiary/aromatic N) is 3. The van der Waals surface area contributed by atoms with Crippen LogP contribution >= 0.6 is 38.9 Å². The van der Waals surface area contributed by atoms with Crippen LogP contribution in [0.15, 0.2) is 68.1 Å². The molecule has 128 valence electrons. The van der Waals surface area contributed by atoms with Gasteiger partial charge >= 0.3 is 4.87 Å². The highest BCUT2D eigenvalue weighted by Gasteiger charge is 2.13. The summed E-state index contributed by atoms with van der Waals surface area (Å²) in [5.41, 5.74) is 5.77. The van der Waals surface area contributed by atoms with Crippen LogP contribution in [0.3, 0.4) is 0 Å². The highest BCUT2D eigenvalue weighted by Crippen LogP contribution is 2.29. The van der Waals surface area contributed by atoms with E-state index in [0.717, 1.165) is 32.6 Å². The highest BCUT2D eigenvalue weighted by molar-refractivity contribution is 9.10. The lowest BCUT2D eigenvalue weighted by atomic mass is 10.2. The Morgan fingerprint density at radius 1 is 1.16 bits per heavy atom. The van der Waals surface area contributed by atoms with E-state index in [4.69, 9.17) is 11.6 Å². The minimum Gasteiger partial charge on any atom is -0.283 e. The maximum Gasteiger partial charge on any atom is 0.310 e. The van der Waals surface area contributed by atoms with E-state index in [1.807, 2.05) is 55.5 Å². The van der Waals surface area contributed by atoms with E-state index in [9.17, 15) is 4.79 Å². The smallest absolute Gasteiger partial charge is 0.283 e. The molecule has 0 spiro atoms. The number of hydrogen-bond donors (Lipinski definition) is 1. The molecule has 0 saturated heterocycles. The van der Waals surface area contributed by atoms with Crippen LogP contribution < -0.4 is 10.3 Å². The summed E-state index contributed by atoms with van der Waals surface area (Å²) in [6, 6.07) is 15.5. The van der Waals surface area contributed by atoms with E-state index in [1.165, 1.54) is 4.57 Å². The van der Waals surface area contributed by atoms with Gasteiger partial charge in [0.2, 0.25) is 0 Å². The molecular weight excluding hydrogens is 424 g/mol. The first-order valence-corrected chi connectivity index (χ1v) is 9.38. The Morgan fingerprint density at radius 3 is 2.52 bits per heavy atom. The largest absolute Gasteiger partial charge is 0.310 e. The summed E-state index contributed by atoms with van der Waals surface area (Å²) < 4.78 is 2.46. The number of benzene rings is 2. The van der Waals surface area contributed by atoms with Crippen LogP contribution in [0.4, 0.5) is 10.7 Å². The van der Waals surface area contributed by atoms with Crippen molar-refractivity contribution < 1.29 is 0 Å². The van der Waals surface area contributed by atoms with Crippen molar-refractivity contribution >= 4 is 49.6 Å². The van der Waals surface area contributed by atoms with Gasteiger partial charge in [-0.25, -0.2) is 0 Å². The Labute approximate surface area is 162 Å². The molecule has 0 amide bonds. The molecule has 0 bridgehead atoms. The van der Waals surface area contributed by atoms with Gasteiger partial charge in [0.25, 0.3) is 0 Å². The fourth-order valence-electron chi connectivity index (χ4n) is 2.10. The van der Waals surface area contributed by atoms with Crippen LogP contribution in [0, 0.1) is 6.92 Å². The fourth-order valence-corrected chi connectivity index (χ4v) is 3.41. The Hall–Kier alpha value is -1.96. The van der Waals surface area contributed by atoms with Crippen LogP contribution in [0.5, 0.6) is 0 Å². The molecule has 0 saturated carbocycles. The van der Waals surface area contributed by atoms with Crippen molar-refractivity contribution in [2.45, 2.75) is 13.5 Å². The second-order valence-electron chi connectivity index (χ2n) is 5.35. The first-order valence-electron chi connectivity index (χ1n) is 7.40. The predicted octanol–water partition coefficient (Wildman–Crippen LogP) is 5.79. The number of hydrogen-bond acceptors (Lipinski definition) is 4. The summed E-state index contributed by atoms with van der Waals surface area (Å²) in [6.07, 6.45) is 0. The Bertz CT molecular complexity index is 948. The Kier molecular flexibility index (Phi) is 5.67. The minimum absolute atomic E-state index is 0.169. The van der Waals surface area contributed by atoms with E-state index in [2.05, 4.69) is 31.7 Å². The standard InChI is InChI=1S/C17H14BrClN4OS/c1-11-2-8-14(9-3-11)20-22-21-16-15(19)23(17(24)25-16)10-12-4-6-13(18)7-5-12/h2-9H,10H2,1H3,(H,20,21). The number of thiazole rings is 1. The quantitative estimate of drug-likeness (QED) is 0.405. The fraction of sp³-hybridized carbons (Fsp3) is 0.118. The lowest BCUT2D eigenvalue weighted by Gasteiger charge is -2.03. The van der Waals surface area contributed by atoms with Crippen molar-refractivity contribution in [1.29, 1.82) is 0 Å². The summed E-state index contributed by atoms with van der Waals surface area (Å²) in [5.74, 6) is 0. The maximum atomic E-state index is 12.2. The maximum absolute atomic E-state index is 12.2. The van der Waals surface area contributed by atoms with E-state index in [1.54, 1.807) is 0 Å². The first kappa shape index (κ1) is 17.8. The third-order valence-corrected chi connectivity index (χ3v) is 5.33. The van der Waals surface area contributed by atoms with Crippen LogP contribution in [-0.4, -0.2) is 4.57 Å². The monoisotopic (exact) mass is 436 g/mol. The average Bonchev–Trinajstić information content (AvgIpc) is 2.86. The van der Waals surface area contributed by atoms with Crippen LogP contribution in [0.25, 0.3) is 0 Å². The molecule has 3 rings (SSSR count). The molecule has 0 aliphatic rings. The van der Waals surface area contributed by atoms with E-state index in [-0.39, 0.29) is 10.0 Å².